The zero-order chi connectivity index (χ0) is 13.0. The first-order valence-electron chi connectivity index (χ1n) is 5.36. The molecule has 0 aromatic heterocycles. The van der Waals surface area contributed by atoms with E-state index in [2.05, 4.69) is 22.0 Å². The summed E-state index contributed by atoms with van der Waals surface area (Å²) in [5.41, 5.74) is 7.96. The monoisotopic (exact) mass is 302 g/mol. The first-order chi connectivity index (χ1) is 8.70. The summed E-state index contributed by atoms with van der Waals surface area (Å²) in [4.78, 5) is 0. The number of hydrogen-bond acceptors (Lipinski definition) is 3. The quantitative estimate of drug-likeness (QED) is 0.883. The third-order valence-corrected chi connectivity index (χ3v) is 2.99. The van der Waals surface area contributed by atoms with Crippen LogP contribution in [0, 0.1) is 11.3 Å². The van der Waals surface area contributed by atoms with E-state index in [-0.39, 0.29) is 0 Å². The van der Waals surface area contributed by atoms with Gasteiger partial charge >= 0.3 is 0 Å². The van der Waals surface area contributed by atoms with E-state index in [1.165, 1.54) is 0 Å². The highest BCUT2D eigenvalue weighted by Crippen LogP contribution is 2.22. The average Bonchev–Trinajstić information content (AvgIpc) is 2.38. The highest BCUT2D eigenvalue weighted by molar-refractivity contribution is 9.10. The fraction of sp³-hybridized carbons (Fsp3) is 0.0714. The predicted molar refractivity (Wildman–Crippen MR) is 74.0 cm³/mol. The van der Waals surface area contributed by atoms with Crippen molar-refractivity contribution in [3.05, 3.63) is 58.1 Å². The van der Waals surface area contributed by atoms with Gasteiger partial charge in [-0.3, -0.25) is 0 Å². The van der Waals surface area contributed by atoms with E-state index in [0.29, 0.717) is 23.6 Å². The van der Waals surface area contributed by atoms with Crippen molar-refractivity contribution >= 4 is 21.6 Å². The average molecular weight is 303 g/mol. The Balaban J connectivity index is 2.14. The Bertz CT molecular complexity index is 605. The second-order valence-electron chi connectivity index (χ2n) is 3.74. The molecule has 0 bridgehead atoms. The van der Waals surface area contributed by atoms with E-state index in [9.17, 15) is 0 Å². The van der Waals surface area contributed by atoms with Crippen LogP contribution in [0.4, 0.5) is 5.69 Å². The van der Waals surface area contributed by atoms with Crippen LogP contribution in [0.1, 0.15) is 11.1 Å². The van der Waals surface area contributed by atoms with E-state index >= 15 is 0 Å². The molecule has 2 aromatic carbocycles. The van der Waals surface area contributed by atoms with Crippen LogP contribution in [0.3, 0.4) is 0 Å². The molecule has 0 heterocycles. The Hall–Kier alpha value is -1.99. The molecule has 0 fully saturated rings. The Kier molecular flexibility index (Phi) is 3.85. The number of anilines is 1. The van der Waals surface area contributed by atoms with Gasteiger partial charge in [0.05, 0.1) is 5.56 Å². The fourth-order valence-corrected chi connectivity index (χ4v) is 1.92. The van der Waals surface area contributed by atoms with Crippen LogP contribution >= 0.6 is 15.9 Å². The van der Waals surface area contributed by atoms with Crippen molar-refractivity contribution in [1.29, 1.82) is 5.26 Å². The number of para-hydroxylation sites is 1. The highest BCUT2D eigenvalue weighted by atomic mass is 79.9. The van der Waals surface area contributed by atoms with Gasteiger partial charge in [0.1, 0.15) is 18.4 Å². The van der Waals surface area contributed by atoms with Crippen LogP contribution < -0.4 is 10.5 Å². The van der Waals surface area contributed by atoms with Crippen molar-refractivity contribution in [2.75, 3.05) is 5.73 Å². The van der Waals surface area contributed by atoms with Crippen molar-refractivity contribution in [2.45, 2.75) is 6.61 Å². The van der Waals surface area contributed by atoms with Gasteiger partial charge in [-0.2, -0.15) is 5.26 Å². The molecule has 3 nitrogen and oxygen atoms in total. The number of ether oxygens (including phenoxy) is 1. The van der Waals surface area contributed by atoms with Crippen molar-refractivity contribution in [2.24, 2.45) is 0 Å². The molecule has 0 saturated carbocycles. The van der Waals surface area contributed by atoms with Gasteiger partial charge in [0.25, 0.3) is 0 Å². The Morgan fingerprint density at radius 2 is 2.00 bits per heavy atom. The Labute approximate surface area is 114 Å². The number of benzene rings is 2. The van der Waals surface area contributed by atoms with Gasteiger partial charge < -0.3 is 10.5 Å². The first kappa shape index (κ1) is 12.5. The van der Waals surface area contributed by atoms with E-state index in [4.69, 9.17) is 15.7 Å². The summed E-state index contributed by atoms with van der Waals surface area (Å²) >= 11 is 3.35. The van der Waals surface area contributed by atoms with Crippen LogP contribution in [0.25, 0.3) is 0 Å². The van der Waals surface area contributed by atoms with Gasteiger partial charge in [0.2, 0.25) is 0 Å². The molecule has 0 spiro atoms. The van der Waals surface area contributed by atoms with Gasteiger partial charge in [-0.1, -0.05) is 34.1 Å². The van der Waals surface area contributed by atoms with Crippen molar-refractivity contribution in [3.63, 3.8) is 0 Å². The maximum Gasteiger partial charge on any atom is 0.137 e. The lowest BCUT2D eigenvalue weighted by atomic mass is 10.2. The topological polar surface area (TPSA) is 59.0 Å². The molecule has 0 radical (unpaired) electrons. The first-order valence-corrected chi connectivity index (χ1v) is 6.16. The minimum atomic E-state index is 0.345. The van der Waals surface area contributed by atoms with Crippen LogP contribution in [0.2, 0.25) is 0 Å². The molecule has 0 aliphatic carbocycles. The molecule has 0 atom stereocenters. The molecule has 0 aliphatic rings. The van der Waals surface area contributed by atoms with Crippen molar-refractivity contribution in [1.82, 2.24) is 0 Å². The van der Waals surface area contributed by atoms with Gasteiger partial charge in [-0.05, 0) is 24.3 Å². The third kappa shape index (κ3) is 2.82. The van der Waals surface area contributed by atoms with E-state index in [0.717, 1.165) is 10.0 Å². The number of nitrogens with two attached hydrogens (primary N) is 1. The Morgan fingerprint density at radius 3 is 2.72 bits per heavy atom. The number of halogens is 1. The molecule has 0 unspecified atom stereocenters. The maximum absolute atomic E-state index is 8.95. The van der Waals surface area contributed by atoms with Gasteiger partial charge in [0.15, 0.2) is 0 Å². The molecular weight excluding hydrogens is 292 g/mol. The third-order valence-electron chi connectivity index (χ3n) is 2.50. The lowest BCUT2D eigenvalue weighted by Crippen LogP contribution is -2.01. The Morgan fingerprint density at radius 1 is 1.22 bits per heavy atom. The summed E-state index contributed by atoms with van der Waals surface area (Å²) in [5.74, 6) is 0.572. The summed E-state index contributed by atoms with van der Waals surface area (Å²) in [7, 11) is 0. The zero-order valence-corrected chi connectivity index (χ0v) is 11.1. The fourth-order valence-electron chi connectivity index (χ4n) is 1.54. The van der Waals surface area contributed by atoms with E-state index in [1.807, 2.05) is 24.3 Å². The van der Waals surface area contributed by atoms with E-state index < -0.39 is 0 Å². The summed E-state index contributed by atoms with van der Waals surface area (Å²) in [6.45, 7) is 0.345. The van der Waals surface area contributed by atoms with Crippen LogP contribution in [0.5, 0.6) is 5.75 Å². The summed E-state index contributed by atoms with van der Waals surface area (Å²) in [6, 6.07) is 14.9. The molecule has 4 heteroatoms. The summed E-state index contributed by atoms with van der Waals surface area (Å²) in [6.07, 6.45) is 0. The lowest BCUT2D eigenvalue weighted by Gasteiger charge is -2.09. The molecule has 90 valence electrons. The van der Waals surface area contributed by atoms with Crippen LogP contribution in [-0.2, 0) is 6.61 Å². The summed E-state index contributed by atoms with van der Waals surface area (Å²) in [5, 5.41) is 8.95. The molecule has 18 heavy (non-hydrogen) atoms. The maximum atomic E-state index is 8.95. The molecule has 2 N–H and O–H groups in total. The van der Waals surface area contributed by atoms with Crippen LogP contribution in [0.15, 0.2) is 46.9 Å². The smallest absolute Gasteiger partial charge is 0.137 e. The SMILES string of the molecule is N#Cc1ccccc1OCc1ccc(Br)cc1N. The number of nitriles is 1. The molecule has 0 aliphatic heterocycles. The predicted octanol–water partition coefficient (Wildman–Crippen LogP) is 3.48. The largest absolute Gasteiger partial charge is 0.487 e. The van der Waals surface area contributed by atoms with Gasteiger partial charge in [0, 0.05) is 15.7 Å². The van der Waals surface area contributed by atoms with Gasteiger partial charge in [-0.15, -0.1) is 0 Å². The minimum absolute atomic E-state index is 0.345. The number of hydrogen-bond donors (Lipinski definition) is 1. The standard InChI is InChI=1S/C14H11BrN2O/c15-12-6-5-11(13(17)7-12)9-18-14-4-2-1-3-10(14)8-16/h1-7H,9,17H2. The number of nitrogens with zero attached hydrogens (tertiary/aromatic N) is 1. The molecule has 0 amide bonds. The molecule has 2 aromatic rings. The molecular formula is C14H11BrN2O. The lowest BCUT2D eigenvalue weighted by molar-refractivity contribution is 0.306. The van der Waals surface area contributed by atoms with Crippen LogP contribution in [-0.4, -0.2) is 0 Å². The second-order valence-corrected chi connectivity index (χ2v) is 4.66. The number of rotatable bonds is 3. The van der Waals surface area contributed by atoms with E-state index in [1.54, 1.807) is 18.2 Å². The number of nitrogen functional groups attached to an aromatic ring is 1. The molecule has 0 saturated heterocycles. The molecule has 2 rings (SSSR count). The van der Waals surface area contributed by atoms with Crippen molar-refractivity contribution < 1.29 is 4.74 Å². The van der Waals surface area contributed by atoms with Crippen molar-refractivity contribution in [3.8, 4) is 11.8 Å². The second kappa shape index (κ2) is 5.56. The normalized spacial score (nSPS) is 9.78. The minimum Gasteiger partial charge on any atom is -0.487 e. The van der Waals surface area contributed by atoms with Gasteiger partial charge in [-0.25, -0.2) is 0 Å². The highest BCUT2D eigenvalue weighted by Gasteiger charge is 2.04. The summed E-state index contributed by atoms with van der Waals surface area (Å²) < 4.78 is 6.55. The zero-order valence-electron chi connectivity index (χ0n) is 9.56.